The highest BCUT2D eigenvalue weighted by Gasteiger charge is 2.26. The molecule has 4 rings (SSSR count). The third-order valence-electron chi connectivity index (χ3n) is 6.04. The Morgan fingerprint density at radius 2 is 1.55 bits per heavy atom. The quantitative estimate of drug-likeness (QED) is 0.550. The van der Waals surface area contributed by atoms with Crippen molar-refractivity contribution >= 4 is 5.91 Å². The second-order valence-corrected chi connectivity index (χ2v) is 7.82. The summed E-state index contributed by atoms with van der Waals surface area (Å²) in [5.41, 5.74) is 2.74. The molecule has 1 saturated heterocycles. The lowest BCUT2D eigenvalue weighted by Crippen LogP contribution is -2.48. The number of amides is 1. The predicted octanol–water partition coefficient (Wildman–Crippen LogP) is 3.34. The van der Waals surface area contributed by atoms with Gasteiger partial charge in [0.15, 0.2) is 0 Å². The maximum atomic E-state index is 13.6. The van der Waals surface area contributed by atoms with Crippen LogP contribution in [0.5, 0.6) is 17.2 Å². The molecular weight excluding hydrogens is 420 g/mol. The van der Waals surface area contributed by atoms with Crippen molar-refractivity contribution in [2.24, 2.45) is 0 Å². The highest BCUT2D eigenvalue weighted by molar-refractivity contribution is 5.94. The van der Waals surface area contributed by atoms with Crippen molar-refractivity contribution < 1.29 is 19.0 Å². The maximum absolute atomic E-state index is 13.6. The number of hydrogen-bond acceptors (Lipinski definition) is 6. The van der Waals surface area contributed by atoms with Gasteiger partial charge < -0.3 is 24.0 Å². The first kappa shape index (κ1) is 22.7. The van der Waals surface area contributed by atoms with Crippen molar-refractivity contribution in [3.63, 3.8) is 0 Å². The van der Waals surface area contributed by atoms with Gasteiger partial charge in [-0.3, -0.25) is 4.79 Å². The molecule has 0 N–H and O–H groups in total. The van der Waals surface area contributed by atoms with Crippen LogP contribution < -0.4 is 14.2 Å². The Labute approximate surface area is 194 Å². The van der Waals surface area contributed by atoms with Crippen LogP contribution in [0.3, 0.4) is 0 Å². The third-order valence-corrected chi connectivity index (χ3v) is 6.04. The molecule has 1 aliphatic heterocycles. The first-order chi connectivity index (χ1) is 16.1. The van der Waals surface area contributed by atoms with E-state index < -0.39 is 0 Å². The topological polar surface area (TPSA) is 69.1 Å². The highest BCUT2D eigenvalue weighted by Crippen LogP contribution is 2.34. The predicted molar refractivity (Wildman–Crippen MR) is 127 cm³/mol. The molecule has 1 aromatic heterocycles. The summed E-state index contributed by atoms with van der Waals surface area (Å²) in [5, 5.41) is 4.81. The summed E-state index contributed by atoms with van der Waals surface area (Å²) in [4.78, 5) is 17.8. The van der Waals surface area contributed by atoms with Crippen molar-refractivity contribution in [2.45, 2.75) is 6.92 Å². The van der Waals surface area contributed by atoms with Crippen molar-refractivity contribution in [3.05, 3.63) is 54.2 Å². The van der Waals surface area contributed by atoms with Gasteiger partial charge in [-0.05, 0) is 49.0 Å². The number of rotatable bonds is 7. The van der Waals surface area contributed by atoms with E-state index in [1.807, 2.05) is 53.4 Å². The Morgan fingerprint density at radius 3 is 2.15 bits per heavy atom. The number of likely N-dealkylation sites (N-methyl/N-ethyl adjacent to an activating group) is 1. The van der Waals surface area contributed by atoms with E-state index in [9.17, 15) is 4.79 Å². The molecule has 8 nitrogen and oxygen atoms in total. The van der Waals surface area contributed by atoms with E-state index in [4.69, 9.17) is 19.3 Å². The molecule has 0 aliphatic carbocycles. The van der Waals surface area contributed by atoms with Crippen LogP contribution in [0.25, 0.3) is 16.9 Å². The van der Waals surface area contributed by atoms with Crippen LogP contribution in [0.2, 0.25) is 0 Å². The summed E-state index contributed by atoms with van der Waals surface area (Å²) < 4.78 is 17.9. The van der Waals surface area contributed by atoms with E-state index in [1.54, 1.807) is 26.0 Å². The molecule has 1 amide bonds. The number of methoxy groups -OCH3 is 3. The van der Waals surface area contributed by atoms with Crippen LogP contribution >= 0.6 is 0 Å². The van der Waals surface area contributed by atoms with Gasteiger partial charge in [0.1, 0.15) is 22.9 Å². The molecule has 2 heterocycles. The zero-order valence-corrected chi connectivity index (χ0v) is 19.6. The maximum Gasteiger partial charge on any atom is 0.272 e. The zero-order valence-electron chi connectivity index (χ0n) is 19.6. The van der Waals surface area contributed by atoms with Crippen molar-refractivity contribution in [1.29, 1.82) is 0 Å². The molecule has 0 saturated carbocycles. The molecule has 0 atom stereocenters. The van der Waals surface area contributed by atoms with Crippen LogP contribution in [0, 0.1) is 0 Å². The van der Waals surface area contributed by atoms with Crippen molar-refractivity contribution in [3.8, 4) is 34.2 Å². The summed E-state index contributed by atoms with van der Waals surface area (Å²) in [7, 11) is 4.85. The van der Waals surface area contributed by atoms with Gasteiger partial charge in [-0.2, -0.15) is 5.10 Å². The molecule has 174 valence electrons. The summed E-state index contributed by atoms with van der Waals surface area (Å²) >= 11 is 0. The van der Waals surface area contributed by atoms with Crippen LogP contribution in [-0.2, 0) is 0 Å². The number of piperazine rings is 1. The normalized spacial score (nSPS) is 14.2. The molecular formula is C25H30N4O4. The summed E-state index contributed by atoms with van der Waals surface area (Å²) in [6, 6.07) is 14.9. The number of carbonyl (C=O) groups excluding carboxylic acids is 1. The first-order valence-electron chi connectivity index (χ1n) is 11.1. The minimum Gasteiger partial charge on any atom is -0.497 e. The summed E-state index contributed by atoms with van der Waals surface area (Å²) in [5.74, 6) is 2.03. The Balaban J connectivity index is 1.76. The van der Waals surface area contributed by atoms with E-state index >= 15 is 0 Å². The average Bonchev–Trinajstić information content (AvgIpc) is 3.33. The number of aromatic nitrogens is 2. The lowest BCUT2D eigenvalue weighted by Gasteiger charge is -2.34. The highest BCUT2D eigenvalue weighted by atomic mass is 16.5. The van der Waals surface area contributed by atoms with Crippen LogP contribution in [0.15, 0.2) is 48.5 Å². The average molecular weight is 451 g/mol. The van der Waals surface area contributed by atoms with Crippen LogP contribution in [0.1, 0.15) is 17.4 Å². The molecule has 3 aromatic rings. The van der Waals surface area contributed by atoms with Crippen molar-refractivity contribution in [2.75, 3.05) is 54.1 Å². The fourth-order valence-corrected chi connectivity index (χ4v) is 4.02. The van der Waals surface area contributed by atoms with Gasteiger partial charge in [-0.1, -0.05) is 6.92 Å². The SMILES string of the molecule is CCN1CCN(C(=O)c2cc(-c3ccc(OC)cc3OC)nn2-c2ccc(OC)cc2)CC1. The molecule has 8 heteroatoms. The largest absolute Gasteiger partial charge is 0.497 e. The first-order valence-corrected chi connectivity index (χ1v) is 11.1. The summed E-state index contributed by atoms with van der Waals surface area (Å²) in [6.07, 6.45) is 0. The van der Waals surface area contributed by atoms with E-state index in [0.29, 0.717) is 36.0 Å². The monoisotopic (exact) mass is 450 g/mol. The van der Waals surface area contributed by atoms with E-state index in [2.05, 4.69) is 11.8 Å². The van der Waals surface area contributed by atoms with E-state index in [0.717, 1.165) is 36.6 Å². The minimum absolute atomic E-state index is 0.0344. The number of nitrogens with zero attached hydrogens (tertiary/aromatic N) is 4. The van der Waals surface area contributed by atoms with Crippen LogP contribution in [0.4, 0.5) is 0 Å². The summed E-state index contributed by atoms with van der Waals surface area (Å²) in [6.45, 7) is 6.28. The number of hydrogen-bond donors (Lipinski definition) is 0. The molecule has 2 aromatic carbocycles. The van der Waals surface area contributed by atoms with Gasteiger partial charge in [0, 0.05) is 37.8 Å². The van der Waals surface area contributed by atoms with Gasteiger partial charge in [-0.15, -0.1) is 0 Å². The Hall–Kier alpha value is -3.52. The fourth-order valence-electron chi connectivity index (χ4n) is 4.02. The second kappa shape index (κ2) is 9.95. The van der Waals surface area contributed by atoms with E-state index in [-0.39, 0.29) is 5.91 Å². The standard InChI is InChI=1S/C25H30N4O4/c1-5-27-12-14-28(15-13-27)25(30)23-17-22(21-11-10-20(32-3)16-24(21)33-4)26-29(23)18-6-8-19(31-2)9-7-18/h6-11,16-17H,5,12-15H2,1-4H3. The molecule has 0 unspecified atom stereocenters. The Kier molecular flexibility index (Phi) is 6.84. The second-order valence-electron chi connectivity index (χ2n) is 7.82. The van der Waals surface area contributed by atoms with Gasteiger partial charge in [0.25, 0.3) is 5.91 Å². The minimum atomic E-state index is -0.0344. The molecule has 0 radical (unpaired) electrons. The molecule has 1 aliphatic rings. The molecule has 0 bridgehead atoms. The number of benzene rings is 2. The van der Waals surface area contributed by atoms with Crippen molar-refractivity contribution in [1.82, 2.24) is 19.6 Å². The molecule has 1 fully saturated rings. The lowest BCUT2D eigenvalue weighted by molar-refractivity contribution is 0.0634. The zero-order chi connectivity index (χ0) is 23.4. The van der Waals surface area contributed by atoms with Gasteiger partial charge in [0.2, 0.25) is 0 Å². The lowest BCUT2D eigenvalue weighted by atomic mass is 10.1. The van der Waals surface area contributed by atoms with Gasteiger partial charge >= 0.3 is 0 Å². The van der Waals surface area contributed by atoms with Gasteiger partial charge in [-0.25, -0.2) is 4.68 Å². The van der Waals surface area contributed by atoms with Gasteiger partial charge in [0.05, 0.1) is 32.7 Å². The number of carbonyl (C=O) groups is 1. The smallest absolute Gasteiger partial charge is 0.272 e. The van der Waals surface area contributed by atoms with E-state index in [1.165, 1.54) is 0 Å². The van der Waals surface area contributed by atoms with Crippen LogP contribution in [-0.4, -0.2) is 79.5 Å². The third kappa shape index (κ3) is 4.66. The Morgan fingerprint density at radius 1 is 0.879 bits per heavy atom. The Bertz CT molecular complexity index is 1100. The number of ether oxygens (including phenoxy) is 3. The molecule has 33 heavy (non-hydrogen) atoms. The fraction of sp³-hybridized carbons (Fsp3) is 0.360. The molecule has 0 spiro atoms.